The Morgan fingerprint density at radius 2 is 2.19 bits per heavy atom. The average molecular weight is 402 g/mol. The van der Waals surface area contributed by atoms with Crippen LogP contribution in [0.3, 0.4) is 0 Å². The molecule has 0 fully saturated rings. The predicted octanol–water partition coefficient (Wildman–Crippen LogP) is 2.81. The van der Waals surface area contributed by atoms with E-state index in [1.54, 1.807) is 30.5 Å². The van der Waals surface area contributed by atoms with Crippen LogP contribution < -0.4 is 10.9 Å². The molecule has 0 bridgehead atoms. The third-order valence-corrected chi connectivity index (χ3v) is 5.36. The molecule has 4 rings (SSSR count). The molecule has 10 nitrogen and oxygen atoms in total. The fourth-order valence-corrected chi connectivity index (χ4v) is 4.03. The Balaban J connectivity index is 1.62. The van der Waals surface area contributed by atoms with Gasteiger partial charge in [-0.25, -0.2) is 4.98 Å². The van der Waals surface area contributed by atoms with Gasteiger partial charge in [-0.1, -0.05) is 17.4 Å². The van der Waals surface area contributed by atoms with Crippen LogP contribution in [0.5, 0.6) is 0 Å². The zero-order valence-corrected chi connectivity index (χ0v) is 15.1. The van der Waals surface area contributed by atoms with E-state index in [-0.39, 0.29) is 5.03 Å². The molecule has 0 saturated carbocycles. The van der Waals surface area contributed by atoms with Gasteiger partial charge in [0.1, 0.15) is 11.4 Å². The van der Waals surface area contributed by atoms with Crippen LogP contribution in [0, 0.1) is 10.1 Å². The van der Waals surface area contributed by atoms with Crippen LogP contribution in [0.1, 0.15) is 5.76 Å². The van der Waals surface area contributed by atoms with E-state index in [1.165, 1.54) is 17.5 Å². The minimum atomic E-state index is -0.742. The molecule has 27 heavy (non-hydrogen) atoms. The maximum atomic E-state index is 12.4. The van der Waals surface area contributed by atoms with Gasteiger partial charge in [0.15, 0.2) is 9.37 Å². The predicted molar refractivity (Wildman–Crippen MR) is 98.2 cm³/mol. The van der Waals surface area contributed by atoms with Gasteiger partial charge in [-0.05, 0) is 36.0 Å². The molecule has 0 aliphatic carbocycles. The lowest BCUT2D eigenvalue weighted by molar-refractivity contribution is -0.389. The number of anilines is 1. The molecule has 0 spiro atoms. The smallest absolute Gasteiger partial charge is 0.366 e. The second-order valence-electron chi connectivity index (χ2n) is 5.16. The fraction of sp³-hybridized carbons (Fsp3) is 0.0667. The third kappa shape index (κ3) is 3.52. The second kappa shape index (κ2) is 7.17. The second-order valence-corrected chi connectivity index (χ2v) is 7.38. The summed E-state index contributed by atoms with van der Waals surface area (Å²) in [5.74, 6) is 0.735. The Kier molecular flexibility index (Phi) is 4.56. The number of hydrogen-bond acceptors (Lipinski definition) is 10. The van der Waals surface area contributed by atoms with E-state index in [1.807, 2.05) is 6.07 Å². The molecule has 4 aromatic rings. The van der Waals surface area contributed by atoms with Gasteiger partial charge in [0.25, 0.3) is 0 Å². The van der Waals surface area contributed by atoms with E-state index in [4.69, 9.17) is 4.42 Å². The number of furan rings is 1. The van der Waals surface area contributed by atoms with E-state index in [2.05, 4.69) is 20.5 Å². The van der Waals surface area contributed by atoms with Crippen LogP contribution >= 0.6 is 23.1 Å². The topological polar surface area (TPSA) is 128 Å². The Bertz CT molecular complexity index is 1170. The number of rotatable bonds is 6. The van der Waals surface area contributed by atoms with Crippen molar-refractivity contribution in [1.82, 2.24) is 19.6 Å². The van der Waals surface area contributed by atoms with Gasteiger partial charge in [0.2, 0.25) is 5.13 Å². The largest absolute Gasteiger partial charge is 0.467 e. The molecule has 0 unspecified atom stereocenters. The van der Waals surface area contributed by atoms with Gasteiger partial charge in [-0.2, -0.15) is 0 Å². The number of nitro groups is 1. The number of fused-ring (bicyclic) bond motifs is 1. The lowest BCUT2D eigenvalue weighted by atomic mass is 10.4. The van der Waals surface area contributed by atoms with E-state index < -0.39 is 16.2 Å². The maximum Gasteiger partial charge on any atom is 0.366 e. The van der Waals surface area contributed by atoms with Crippen molar-refractivity contribution in [3.8, 4) is 0 Å². The molecule has 4 heterocycles. The maximum absolute atomic E-state index is 12.4. The first-order valence-electron chi connectivity index (χ1n) is 7.55. The minimum absolute atomic E-state index is 0.0232. The molecule has 0 aliphatic rings. The van der Waals surface area contributed by atoms with Gasteiger partial charge in [0.05, 0.1) is 17.7 Å². The van der Waals surface area contributed by atoms with E-state index >= 15 is 0 Å². The van der Waals surface area contributed by atoms with Crippen molar-refractivity contribution in [1.29, 1.82) is 0 Å². The van der Waals surface area contributed by atoms with Crippen LogP contribution in [0.15, 0.2) is 61.4 Å². The summed E-state index contributed by atoms with van der Waals surface area (Å²) >= 11 is 2.13. The zero-order valence-electron chi connectivity index (χ0n) is 13.4. The van der Waals surface area contributed by atoms with Crippen molar-refractivity contribution in [2.45, 2.75) is 15.9 Å². The van der Waals surface area contributed by atoms with Crippen molar-refractivity contribution < 1.29 is 9.34 Å². The number of nitrogens with one attached hydrogen (secondary N) is 1. The molecule has 0 saturated heterocycles. The van der Waals surface area contributed by atoms with Crippen molar-refractivity contribution in [3.05, 3.63) is 69.0 Å². The molecule has 0 atom stereocenters. The van der Waals surface area contributed by atoms with E-state index in [0.717, 1.165) is 21.9 Å². The number of pyridine rings is 1. The molecule has 0 amide bonds. The van der Waals surface area contributed by atoms with Crippen molar-refractivity contribution >= 4 is 39.6 Å². The summed E-state index contributed by atoms with van der Waals surface area (Å²) in [6, 6.07) is 8.50. The monoisotopic (exact) mass is 402 g/mol. The lowest BCUT2D eigenvalue weighted by Gasteiger charge is -2.03. The molecule has 12 heteroatoms. The summed E-state index contributed by atoms with van der Waals surface area (Å²) in [5.41, 5.74) is -1.02. The summed E-state index contributed by atoms with van der Waals surface area (Å²) in [7, 11) is 0. The SMILES string of the molecule is O=c1c([N+](=O)[O-])c(Sc2nnc(NCc3ccco3)s2)nc2ccccn12. The van der Waals surface area contributed by atoms with Crippen LogP contribution in [-0.4, -0.2) is 24.5 Å². The van der Waals surface area contributed by atoms with Gasteiger partial charge >= 0.3 is 11.2 Å². The molecular formula is C15H10N6O4S2. The first-order chi connectivity index (χ1) is 13.1. The highest BCUT2D eigenvalue weighted by atomic mass is 32.2. The number of hydrogen-bond donors (Lipinski definition) is 1. The summed E-state index contributed by atoms with van der Waals surface area (Å²) in [4.78, 5) is 27.3. The highest BCUT2D eigenvalue weighted by molar-refractivity contribution is 8.01. The van der Waals surface area contributed by atoms with E-state index in [0.29, 0.717) is 21.7 Å². The summed E-state index contributed by atoms with van der Waals surface area (Å²) in [6.45, 7) is 0.433. The van der Waals surface area contributed by atoms with Crippen molar-refractivity contribution in [2.24, 2.45) is 0 Å². The van der Waals surface area contributed by atoms with Crippen LogP contribution in [0.2, 0.25) is 0 Å². The molecule has 136 valence electrons. The Labute approximate surface area is 159 Å². The summed E-state index contributed by atoms with van der Waals surface area (Å²) in [5, 5.41) is 22.9. The third-order valence-electron chi connectivity index (χ3n) is 3.45. The Morgan fingerprint density at radius 3 is 2.96 bits per heavy atom. The molecule has 4 aromatic heterocycles. The Morgan fingerprint density at radius 1 is 1.30 bits per heavy atom. The fourth-order valence-electron chi connectivity index (χ4n) is 2.27. The Hall–Kier alpha value is -3.25. The molecular weight excluding hydrogens is 392 g/mol. The highest BCUT2D eigenvalue weighted by Crippen LogP contribution is 2.34. The van der Waals surface area contributed by atoms with Crippen LogP contribution in [-0.2, 0) is 6.54 Å². The molecule has 0 aromatic carbocycles. The highest BCUT2D eigenvalue weighted by Gasteiger charge is 2.25. The first kappa shape index (κ1) is 17.2. The summed E-state index contributed by atoms with van der Waals surface area (Å²) in [6.07, 6.45) is 3.01. The van der Waals surface area contributed by atoms with Gasteiger partial charge in [-0.3, -0.25) is 19.3 Å². The minimum Gasteiger partial charge on any atom is -0.467 e. The van der Waals surface area contributed by atoms with Gasteiger partial charge in [0, 0.05) is 6.20 Å². The summed E-state index contributed by atoms with van der Waals surface area (Å²) < 4.78 is 6.78. The van der Waals surface area contributed by atoms with E-state index in [9.17, 15) is 14.9 Å². The quantitative estimate of drug-likeness (QED) is 0.294. The van der Waals surface area contributed by atoms with Crippen molar-refractivity contribution in [2.75, 3.05) is 5.32 Å². The number of nitrogens with zero attached hydrogens (tertiary/aromatic N) is 5. The van der Waals surface area contributed by atoms with Gasteiger partial charge < -0.3 is 9.73 Å². The molecule has 0 aliphatic heterocycles. The normalized spacial score (nSPS) is 11.0. The molecule has 0 radical (unpaired) electrons. The lowest BCUT2D eigenvalue weighted by Crippen LogP contribution is -2.19. The van der Waals surface area contributed by atoms with Crippen molar-refractivity contribution in [3.63, 3.8) is 0 Å². The van der Waals surface area contributed by atoms with Crippen LogP contribution in [0.25, 0.3) is 5.65 Å². The average Bonchev–Trinajstić information content (AvgIpc) is 3.31. The molecule has 1 N–H and O–H groups in total. The zero-order chi connectivity index (χ0) is 18.8. The standard InChI is InChI=1S/C15H10N6O4S2/c22-13-11(21(23)24)12(17-10-5-1-2-6-20(10)13)26-15-19-18-14(27-15)16-8-9-4-3-7-25-9/h1-7H,8H2,(H,16,18). The first-order valence-corrected chi connectivity index (χ1v) is 9.18. The number of aromatic nitrogens is 4. The van der Waals surface area contributed by atoms with Gasteiger partial charge in [-0.15, -0.1) is 10.2 Å². The van der Waals surface area contributed by atoms with Crippen LogP contribution in [0.4, 0.5) is 10.8 Å².